The standard InChI is InChI=1S/C19H18ClN3O3S/c1-27(24,25)19-21-10-13-11-23(9-8-17(13)22-19)12-14-6-7-18(26-14)15-4-2-3-5-16(15)20/h2-7,10H,8-9,11-12H2,1H3. The highest BCUT2D eigenvalue weighted by Gasteiger charge is 2.22. The predicted molar refractivity (Wildman–Crippen MR) is 102 cm³/mol. The summed E-state index contributed by atoms with van der Waals surface area (Å²) in [5.41, 5.74) is 2.63. The van der Waals surface area contributed by atoms with Crippen LogP contribution in [0.15, 0.2) is 52.2 Å². The molecule has 0 radical (unpaired) electrons. The van der Waals surface area contributed by atoms with Crippen LogP contribution in [0, 0.1) is 0 Å². The summed E-state index contributed by atoms with van der Waals surface area (Å²) in [7, 11) is -3.39. The van der Waals surface area contributed by atoms with Gasteiger partial charge in [-0.1, -0.05) is 23.7 Å². The monoisotopic (exact) mass is 403 g/mol. The summed E-state index contributed by atoms with van der Waals surface area (Å²) < 4.78 is 29.2. The number of nitrogens with zero attached hydrogens (tertiary/aromatic N) is 3. The van der Waals surface area contributed by atoms with Crippen molar-refractivity contribution in [2.24, 2.45) is 0 Å². The maximum Gasteiger partial charge on any atom is 0.246 e. The van der Waals surface area contributed by atoms with Gasteiger partial charge in [0.25, 0.3) is 0 Å². The number of aromatic nitrogens is 2. The van der Waals surface area contributed by atoms with E-state index >= 15 is 0 Å². The number of furan rings is 1. The molecule has 0 unspecified atom stereocenters. The Morgan fingerprint density at radius 2 is 2.04 bits per heavy atom. The molecule has 0 amide bonds. The van der Waals surface area contributed by atoms with E-state index in [2.05, 4.69) is 14.9 Å². The summed E-state index contributed by atoms with van der Waals surface area (Å²) in [6.45, 7) is 2.08. The molecule has 1 aliphatic rings. The number of hydrogen-bond donors (Lipinski definition) is 0. The fourth-order valence-electron chi connectivity index (χ4n) is 3.16. The van der Waals surface area contributed by atoms with E-state index in [-0.39, 0.29) is 5.16 Å². The zero-order valence-corrected chi connectivity index (χ0v) is 16.3. The summed E-state index contributed by atoms with van der Waals surface area (Å²) >= 11 is 6.23. The van der Waals surface area contributed by atoms with Gasteiger partial charge in [-0.3, -0.25) is 4.90 Å². The SMILES string of the molecule is CS(=O)(=O)c1ncc2c(n1)CCN(Cc1ccc(-c3ccccc3Cl)o1)C2. The Balaban J connectivity index is 1.49. The van der Waals surface area contributed by atoms with Crippen molar-refractivity contribution >= 4 is 21.4 Å². The lowest BCUT2D eigenvalue weighted by Gasteiger charge is -2.27. The van der Waals surface area contributed by atoms with Crippen LogP contribution in [0.3, 0.4) is 0 Å². The maximum atomic E-state index is 11.6. The Morgan fingerprint density at radius 3 is 2.81 bits per heavy atom. The van der Waals surface area contributed by atoms with Gasteiger partial charge < -0.3 is 4.42 Å². The van der Waals surface area contributed by atoms with Crippen LogP contribution >= 0.6 is 11.6 Å². The molecular weight excluding hydrogens is 386 g/mol. The highest BCUT2D eigenvalue weighted by Crippen LogP contribution is 2.30. The molecule has 0 aliphatic carbocycles. The Kier molecular flexibility index (Phi) is 4.75. The van der Waals surface area contributed by atoms with Crippen molar-refractivity contribution in [3.05, 3.63) is 64.6 Å². The third-order valence-electron chi connectivity index (χ3n) is 4.50. The average Bonchev–Trinajstić information content (AvgIpc) is 3.09. The summed E-state index contributed by atoms with van der Waals surface area (Å²) in [4.78, 5) is 10.4. The third-order valence-corrected chi connectivity index (χ3v) is 5.69. The van der Waals surface area contributed by atoms with Crippen LogP contribution in [0.1, 0.15) is 17.0 Å². The Hall–Kier alpha value is -2.22. The maximum absolute atomic E-state index is 11.6. The quantitative estimate of drug-likeness (QED) is 0.622. The van der Waals surface area contributed by atoms with E-state index in [1.807, 2.05) is 36.4 Å². The van der Waals surface area contributed by atoms with E-state index in [9.17, 15) is 8.42 Å². The van der Waals surface area contributed by atoms with Gasteiger partial charge >= 0.3 is 0 Å². The third kappa shape index (κ3) is 3.90. The van der Waals surface area contributed by atoms with E-state index in [1.165, 1.54) is 0 Å². The lowest BCUT2D eigenvalue weighted by Crippen LogP contribution is -2.31. The van der Waals surface area contributed by atoms with E-state index in [0.29, 0.717) is 24.5 Å². The minimum atomic E-state index is -3.39. The molecule has 0 fully saturated rings. The molecule has 1 aromatic carbocycles. The normalized spacial score (nSPS) is 14.9. The van der Waals surface area contributed by atoms with E-state index < -0.39 is 9.84 Å². The molecule has 6 nitrogen and oxygen atoms in total. The first-order valence-corrected chi connectivity index (χ1v) is 10.8. The molecule has 0 atom stereocenters. The highest BCUT2D eigenvalue weighted by molar-refractivity contribution is 7.90. The first kappa shape index (κ1) is 18.2. The lowest BCUT2D eigenvalue weighted by molar-refractivity contribution is 0.223. The second-order valence-corrected chi connectivity index (χ2v) is 8.92. The minimum Gasteiger partial charge on any atom is -0.460 e. The van der Waals surface area contributed by atoms with Gasteiger partial charge in [-0.2, -0.15) is 0 Å². The van der Waals surface area contributed by atoms with E-state index in [1.54, 1.807) is 6.20 Å². The average molecular weight is 404 g/mol. The number of fused-ring (bicyclic) bond motifs is 1. The van der Waals surface area contributed by atoms with Gasteiger partial charge in [0.05, 0.1) is 17.3 Å². The molecule has 3 aromatic rings. The number of hydrogen-bond acceptors (Lipinski definition) is 6. The predicted octanol–water partition coefficient (Wildman–Crippen LogP) is 3.35. The number of sulfone groups is 1. The molecule has 0 bridgehead atoms. The number of halogens is 1. The zero-order chi connectivity index (χ0) is 19.0. The van der Waals surface area contributed by atoms with Crippen molar-refractivity contribution in [3.8, 4) is 11.3 Å². The van der Waals surface area contributed by atoms with Crippen molar-refractivity contribution in [3.63, 3.8) is 0 Å². The summed E-state index contributed by atoms with van der Waals surface area (Å²) in [5, 5.41) is 0.550. The molecule has 2 aromatic heterocycles. The van der Waals surface area contributed by atoms with Gasteiger partial charge in [-0.25, -0.2) is 18.4 Å². The molecule has 0 saturated carbocycles. The molecule has 140 valence electrons. The first-order chi connectivity index (χ1) is 12.9. The minimum absolute atomic E-state index is 0.106. The van der Waals surface area contributed by atoms with E-state index in [4.69, 9.17) is 16.0 Å². The molecule has 4 rings (SSSR count). The second-order valence-electron chi connectivity index (χ2n) is 6.60. The molecule has 27 heavy (non-hydrogen) atoms. The van der Waals surface area contributed by atoms with Crippen molar-refractivity contribution < 1.29 is 12.8 Å². The molecule has 3 heterocycles. The van der Waals surface area contributed by atoms with Crippen LogP contribution < -0.4 is 0 Å². The molecule has 1 aliphatic heterocycles. The molecule has 0 spiro atoms. The van der Waals surface area contributed by atoms with Gasteiger partial charge in [0.2, 0.25) is 15.0 Å². The van der Waals surface area contributed by atoms with Crippen LogP contribution in [-0.4, -0.2) is 36.1 Å². The lowest BCUT2D eigenvalue weighted by atomic mass is 10.1. The molecule has 0 saturated heterocycles. The number of rotatable bonds is 4. The van der Waals surface area contributed by atoms with Crippen LogP contribution in [0.2, 0.25) is 5.02 Å². The van der Waals surface area contributed by atoms with Gasteiger partial charge in [-0.15, -0.1) is 0 Å². The largest absolute Gasteiger partial charge is 0.460 e. The molecule has 8 heteroatoms. The smallest absolute Gasteiger partial charge is 0.246 e. The highest BCUT2D eigenvalue weighted by atomic mass is 35.5. The van der Waals surface area contributed by atoms with Crippen LogP contribution in [0.4, 0.5) is 0 Å². The molecule has 0 N–H and O–H groups in total. The van der Waals surface area contributed by atoms with Crippen LogP contribution in [0.5, 0.6) is 0 Å². The summed E-state index contributed by atoms with van der Waals surface area (Å²) in [6, 6.07) is 11.5. The van der Waals surface area contributed by atoms with Gasteiger partial charge in [0.1, 0.15) is 11.5 Å². The molecular formula is C19H18ClN3O3S. The summed E-state index contributed by atoms with van der Waals surface area (Å²) in [5.74, 6) is 1.59. The van der Waals surface area contributed by atoms with Gasteiger partial charge in [0, 0.05) is 43.1 Å². The van der Waals surface area contributed by atoms with Crippen molar-refractivity contribution in [2.45, 2.75) is 24.7 Å². The Labute approximate surface area is 162 Å². The Bertz CT molecular complexity index is 1100. The Morgan fingerprint density at radius 1 is 1.22 bits per heavy atom. The second kappa shape index (κ2) is 7.07. The van der Waals surface area contributed by atoms with Crippen molar-refractivity contribution in [1.82, 2.24) is 14.9 Å². The van der Waals surface area contributed by atoms with Crippen LogP contribution in [0.25, 0.3) is 11.3 Å². The topological polar surface area (TPSA) is 76.3 Å². The summed E-state index contributed by atoms with van der Waals surface area (Å²) in [6.07, 6.45) is 3.41. The zero-order valence-electron chi connectivity index (χ0n) is 14.7. The fraction of sp³-hybridized carbons (Fsp3) is 0.263. The van der Waals surface area contributed by atoms with E-state index in [0.717, 1.165) is 41.1 Å². The fourth-order valence-corrected chi connectivity index (χ4v) is 3.91. The van der Waals surface area contributed by atoms with Crippen molar-refractivity contribution in [2.75, 3.05) is 12.8 Å². The number of benzene rings is 1. The van der Waals surface area contributed by atoms with Crippen molar-refractivity contribution in [1.29, 1.82) is 0 Å². The van der Waals surface area contributed by atoms with Crippen LogP contribution in [-0.2, 0) is 29.3 Å². The van der Waals surface area contributed by atoms with Gasteiger partial charge in [0.15, 0.2) is 0 Å². The van der Waals surface area contributed by atoms with Gasteiger partial charge in [-0.05, 0) is 24.3 Å². The first-order valence-electron chi connectivity index (χ1n) is 8.51.